The van der Waals surface area contributed by atoms with Gasteiger partial charge in [0.25, 0.3) is 0 Å². The Labute approximate surface area is 189 Å². The lowest BCUT2D eigenvalue weighted by molar-refractivity contribution is -0.139. The monoisotopic (exact) mass is 442 g/mol. The molecule has 1 aromatic rings. The van der Waals surface area contributed by atoms with Gasteiger partial charge in [0.2, 0.25) is 11.7 Å². The number of unbranched alkanes of at least 4 members (excludes halogenated alkanes) is 3. The second-order valence-electron chi connectivity index (χ2n) is 8.84. The minimum atomic E-state index is -0.333. The van der Waals surface area contributed by atoms with Gasteiger partial charge in [0, 0.05) is 31.0 Å². The molecule has 2 unspecified atom stereocenters. The number of anilines is 1. The fourth-order valence-corrected chi connectivity index (χ4v) is 4.39. The second kappa shape index (κ2) is 11.4. The number of hydrogen-bond donors (Lipinski definition) is 3. The molecule has 32 heavy (non-hydrogen) atoms. The average molecular weight is 443 g/mol. The number of carbonyl (C=O) groups is 2. The van der Waals surface area contributed by atoms with Gasteiger partial charge >= 0.3 is 0 Å². The summed E-state index contributed by atoms with van der Waals surface area (Å²) >= 11 is 0. The van der Waals surface area contributed by atoms with Crippen LogP contribution in [0.4, 0.5) is 5.69 Å². The zero-order valence-corrected chi connectivity index (χ0v) is 18.6. The van der Waals surface area contributed by atoms with Crippen molar-refractivity contribution >= 4 is 17.4 Å². The van der Waals surface area contributed by atoms with E-state index in [0.29, 0.717) is 12.1 Å². The first-order valence-electron chi connectivity index (χ1n) is 12.0. The van der Waals surface area contributed by atoms with Crippen molar-refractivity contribution in [1.29, 1.82) is 0 Å². The molecule has 1 aromatic heterocycles. The molecule has 1 saturated carbocycles. The quantitative estimate of drug-likeness (QED) is 0.197. The highest BCUT2D eigenvalue weighted by atomic mass is 16.7. The van der Waals surface area contributed by atoms with E-state index < -0.39 is 0 Å². The standard InChI is InChI=1S/C24H34N4O4/c29-19(28-32-18-9-5-1-2-6-10-18)11-7-3-4-8-14-26-20-21(23-24(31-23)22(20)30)27-17-12-15-25-16-13-17/h12-13,15-16,18,23-24,26H,1-11,14H2,(H,25,27)(H,28,29). The van der Waals surface area contributed by atoms with E-state index in [1.807, 2.05) is 12.1 Å². The number of ether oxygens (including phenoxy) is 1. The molecular formula is C24H34N4O4. The van der Waals surface area contributed by atoms with Gasteiger partial charge in [-0.25, -0.2) is 5.48 Å². The van der Waals surface area contributed by atoms with Gasteiger partial charge < -0.3 is 15.4 Å². The van der Waals surface area contributed by atoms with Crippen molar-refractivity contribution in [3.63, 3.8) is 0 Å². The summed E-state index contributed by atoms with van der Waals surface area (Å²) < 4.78 is 5.45. The SMILES string of the molecule is O=C(CCCCCCNC1=C(Nc2ccncc2)C2OC2C1=O)NOC1CCCCCC1. The molecule has 0 bridgehead atoms. The fourth-order valence-electron chi connectivity index (χ4n) is 4.39. The molecule has 2 fully saturated rings. The number of rotatable bonds is 12. The third-order valence-electron chi connectivity index (χ3n) is 6.28. The molecule has 0 spiro atoms. The van der Waals surface area contributed by atoms with Crippen molar-refractivity contribution in [3.05, 3.63) is 35.9 Å². The van der Waals surface area contributed by atoms with Gasteiger partial charge in [0.1, 0.15) is 11.8 Å². The Kier molecular flexibility index (Phi) is 8.12. The molecule has 1 aliphatic heterocycles. The third kappa shape index (κ3) is 6.29. The van der Waals surface area contributed by atoms with Gasteiger partial charge in [-0.2, -0.15) is 0 Å². The van der Waals surface area contributed by atoms with Gasteiger partial charge in [-0.1, -0.05) is 38.5 Å². The maximum atomic E-state index is 12.4. The van der Waals surface area contributed by atoms with E-state index in [4.69, 9.17) is 9.57 Å². The molecule has 8 nitrogen and oxygen atoms in total. The zero-order chi connectivity index (χ0) is 22.2. The lowest BCUT2D eigenvalue weighted by atomic mass is 10.1. The number of amides is 1. The van der Waals surface area contributed by atoms with Crippen LogP contribution in [0.5, 0.6) is 0 Å². The number of aromatic nitrogens is 1. The number of fused-ring (bicyclic) bond motifs is 1. The smallest absolute Gasteiger partial charge is 0.243 e. The van der Waals surface area contributed by atoms with E-state index in [0.717, 1.165) is 56.5 Å². The molecule has 1 amide bonds. The van der Waals surface area contributed by atoms with Crippen molar-refractivity contribution in [2.75, 3.05) is 11.9 Å². The number of hydroxylamine groups is 1. The molecule has 174 valence electrons. The van der Waals surface area contributed by atoms with Gasteiger partial charge in [-0.15, -0.1) is 0 Å². The molecule has 8 heteroatoms. The van der Waals surface area contributed by atoms with Crippen LogP contribution in [0.25, 0.3) is 0 Å². The summed E-state index contributed by atoms with van der Waals surface area (Å²) in [5.41, 5.74) is 4.98. The van der Waals surface area contributed by atoms with Crippen LogP contribution in [0.15, 0.2) is 35.9 Å². The number of Topliss-reactive ketones (excluding diaryl/α,β-unsaturated/α-hetero) is 1. The summed E-state index contributed by atoms with van der Waals surface area (Å²) in [5.74, 6) is -0.00275. The first kappa shape index (κ1) is 22.7. The summed E-state index contributed by atoms with van der Waals surface area (Å²) in [6.45, 7) is 0.721. The molecule has 3 N–H and O–H groups in total. The van der Waals surface area contributed by atoms with Crippen molar-refractivity contribution < 1.29 is 19.2 Å². The Balaban J connectivity index is 1.09. The minimum Gasteiger partial charge on any atom is -0.381 e. The number of pyridine rings is 1. The van der Waals surface area contributed by atoms with E-state index in [9.17, 15) is 9.59 Å². The Hall–Kier alpha value is -2.45. The van der Waals surface area contributed by atoms with Gasteiger partial charge in [0.05, 0.1) is 11.8 Å². The van der Waals surface area contributed by atoms with Crippen LogP contribution >= 0.6 is 0 Å². The number of carbonyl (C=O) groups excluding carboxylic acids is 2. The first-order valence-corrected chi connectivity index (χ1v) is 12.0. The van der Waals surface area contributed by atoms with Crippen LogP contribution in [0.3, 0.4) is 0 Å². The van der Waals surface area contributed by atoms with Gasteiger partial charge in [-0.3, -0.25) is 19.4 Å². The summed E-state index contributed by atoms with van der Waals surface area (Å²) in [5, 5.41) is 6.60. The number of ketones is 1. The Morgan fingerprint density at radius 2 is 1.78 bits per heavy atom. The minimum absolute atomic E-state index is 0.0249. The number of nitrogens with one attached hydrogen (secondary N) is 3. The van der Waals surface area contributed by atoms with Crippen molar-refractivity contribution in [2.24, 2.45) is 0 Å². The highest BCUT2D eigenvalue weighted by Crippen LogP contribution is 2.39. The van der Waals surface area contributed by atoms with Gasteiger partial charge in [-0.05, 0) is 37.8 Å². The second-order valence-corrected chi connectivity index (χ2v) is 8.84. The van der Waals surface area contributed by atoms with E-state index in [1.165, 1.54) is 25.7 Å². The van der Waals surface area contributed by atoms with Crippen LogP contribution in [0.2, 0.25) is 0 Å². The number of hydrogen-bond acceptors (Lipinski definition) is 7. The molecular weight excluding hydrogens is 408 g/mol. The summed E-state index contributed by atoms with van der Waals surface area (Å²) in [6.07, 6.45) is 14.4. The largest absolute Gasteiger partial charge is 0.381 e. The lowest BCUT2D eigenvalue weighted by Crippen LogP contribution is -2.29. The summed E-state index contributed by atoms with van der Waals surface area (Å²) in [4.78, 5) is 34.0. The van der Waals surface area contributed by atoms with Crippen LogP contribution in [-0.4, -0.2) is 41.5 Å². The van der Waals surface area contributed by atoms with Crippen LogP contribution in [0.1, 0.15) is 70.6 Å². The van der Waals surface area contributed by atoms with Crippen LogP contribution < -0.4 is 16.1 Å². The average Bonchev–Trinajstić information content (AvgIpc) is 3.60. The number of nitrogens with zero attached hydrogens (tertiary/aromatic N) is 1. The van der Waals surface area contributed by atoms with E-state index in [-0.39, 0.29) is 30.0 Å². The molecule has 0 radical (unpaired) electrons. The Morgan fingerprint density at radius 1 is 1.03 bits per heavy atom. The van der Waals surface area contributed by atoms with Crippen LogP contribution in [0, 0.1) is 0 Å². The van der Waals surface area contributed by atoms with Crippen LogP contribution in [-0.2, 0) is 19.2 Å². The van der Waals surface area contributed by atoms with Crippen molar-refractivity contribution in [2.45, 2.75) is 88.9 Å². The molecule has 2 heterocycles. The van der Waals surface area contributed by atoms with E-state index >= 15 is 0 Å². The summed E-state index contributed by atoms with van der Waals surface area (Å²) in [7, 11) is 0. The highest BCUT2D eigenvalue weighted by molar-refractivity contribution is 6.05. The highest BCUT2D eigenvalue weighted by Gasteiger charge is 2.56. The third-order valence-corrected chi connectivity index (χ3v) is 6.28. The fraction of sp³-hybridized carbons (Fsp3) is 0.625. The number of epoxide rings is 1. The predicted octanol–water partition coefficient (Wildman–Crippen LogP) is 3.37. The molecule has 2 aliphatic carbocycles. The Bertz CT molecular complexity index is 805. The lowest BCUT2D eigenvalue weighted by Gasteiger charge is -2.15. The molecule has 0 aromatic carbocycles. The van der Waals surface area contributed by atoms with Crippen molar-refractivity contribution in [3.8, 4) is 0 Å². The normalized spacial score (nSPS) is 22.9. The Morgan fingerprint density at radius 3 is 2.56 bits per heavy atom. The van der Waals surface area contributed by atoms with E-state index in [1.54, 1.807) is 12.4 Å². The summed E-state index contributed by atoms with van der Waals surface area (Å²) in [6, 6.07) is 3.73. The maximum absolute atomic E-state index is 12.4. The van der Waals surface area contributed by atoms with Gasteiger partial charge in [0.15, 0.2) is 6.10 Å². The van der Waals surface area contributed by atoms with Crippen molar-refractivity contribution in [1.82, 2.24) is 15.8 Å². The predicted molar refractivity (Wildman–Crippen MR) is 120 cm³/mol. The molecule has 4 rings (SSSR count). The zero-order valence-electron chi connectivity index (χ0n) is 18.6. The molecule has 3 aliphatic rings. The molecule has 2 atom stereocenters. The van der Waals surface area contributed by atoms with E-state index in [2.05, 4.69) is 21.1 Å². The maximum Gasteiger partial charge on any atom is 0.243 e. The first-order chi connectivity index (χ1) is 15.7. The topological polar surface area (TPSA) is 105 Å². The molecule has 1 saturated heterocycles.